The van der Waals surface area contributed by atoms with Gasteiger partial charge in [-0.25, -0.2) is 0 Å². The molecule has 0 saturated carbocycles. The van der Waals surface area contributed by atoms with Gasteiger partial charge in [0.25, 0.3) is 0 Å². The highest BCUT2D eigenvalue weighted by Gasteiger charge is 2.16. The average molecular weight is 307 g/mol. The number of ketones is 1. The summed E-state index contributed by atoms with van der Waals surface area (Å²) in [5.74, 6) is -1.29. The van der Waals surface area contributed by atoms with Crippen molar-refractivity contribution in [2.24, 2.45) is 0 Å². The summed E-state index contributed by atoms with van der Waals surface area (Å²) in [6.45, 7) is 0.775. The van der Waals surface area contributed by atoms with E-state index in [1.165, 1.54) is 12.0 Å². The summed E-state index contributed by atoms with van der Waals surface area (Å²) >= 11 is 0. The van der Waals surface area contributed by atoms with E-state index in [-0.39, 0.29) is 37.5 Å². The van der Waals surface area contributed by atoms with Gasteiger partial charge in [0.1, 0.15) is 0 Å². The normalized spacial score (nSPS) is 10.2. The summed E-state index contributed by atoms with van der Waals surface area (Å²) in [6, 6.07) is 8.78. The minimum Gasteiger partial charge on any atom is -0.481 e. The molecule has 0 aliphatic carbocycles. The van der Waals surface area contributed by atoms with Gasteiger partial charge in [0.2, 0.25) is 5.91 Å². The number of rotatable bonds is 10. The van der Waals surface area contributed by atoms with Crippen LogP contribution in [0.2, 0.25) is 0 Å². The maximum absolute atomic E-state index is 12.1. The van der Waals surface area contributed by atoms with E-state index in [1.54, 1.807) is 24.3 Å². The Bertz CT molecular complexity index is 501. The molecular formula is C16H21NO5. The van der Waals surface area contributed by atoms with Gasteiger partial charge >= 0.3 is 5.97 Å². The van der Waals surface area contributed by atoms with Crippen molar-refractivity contribution in [3.8, 4) is 0 Å². The first-order valence-corrected chi connectivity index (χ1v) is 7.11. The van der Waals surface area contributed by atoms with Crippen LogP contribution in [0, 0.1) is 0 Å². The number of aliphatic carboxylic acids is 1. The molecular weight excluding hydrogens is 286 g/mol. The molecule has 1 amide bonds. The topological polar surface area (TPSA) is 83.9 Å². The largest absolute Gasteiger partial charge is 0.481 e. The molecule has 1 N–H and O–H groups in total. The fraction of sp³-hybridized carbons (Fsp3) is 0.438. The summed E-state index contributed by atoms with van der Waals surface area (Å²) < 4.78 is 4.92. The molecule has 1 aromatic rings. The fourth-order valence-electron chi connectivity index (χ4n) is 1.94. The fourth-order valence-corrected chi connectivity index (χ4v) is 1.94. The van der Waals surface area contributed by atoms with Crippen LogP contribution in [0.15, 0.2) is 30.3 Å². The zero-order valence-corrected chi connectivity index (χ0v) is 12.7. The van der Waals surface area contributed by atoms with Crippen LogP contribution in [-0.4, -0.2) is 54.5 Å². The molecule has 0 aliphatic heterocycles. The van der Waals surface area contributed by atoms with E-state index in [0.717, 1.165) is 0 Å². The van der Waals surface area contributed by atoms with E-state index >= 15 is 0 Å². The molecule has 1 rings (SSSR count). The molecule has 22 heavy (non-hydrogen) atoms. The van der Waals surface area contributed by atoms with Crippen LogP contribution in [0.1, 0.15) is 29.6 Å². The van der Waals surface area contributed by atoms with Crippen LogP contribution < -0.4 is 0 Å². The van der Waals surface area contributed by atoms with Crippen molar-refractivity contribution in [1.82, 2.24) is 4.90 Å². The highest BCUT2D eigenvalue weighted by Crippen LogP contribution is 2.07. The van der Waals surface area contributed by atoms with Gasteiger partial charge in [0, 0.05) is 38.6 Å². The lowest BCUT2D eigenvalue weighted by Gasteiger charge is -2.21. The van der Waals surface area contributed by atoms with Crippen molar-refractivity contribution in [2.75, 3.05) is 26.8 Å². The zero-order valence-electron chi connectivity index (χ0n) is 12.7. The van der Waals surface area contributed by atoms with Crippen molar-refractivity contribution in [3.63, 3.8) is 0 Å². The summed E-state index contributed by atoms with van der Waals surface area (Å²) in [7, 11) is 1.51. The second-order valence-corrected chi connectivity index (χ2v) is 4.81. The molecule has 0 unspecified atom stereocenters. The Labute approximate surface area is 129 Å². The third kappa shape index (κ3) is 6.49. The molecule has 120 valence electrons. The van der Waals surface area contributed by atoms with Crippen molar-refractivity contribution in [2.45, 2.75) is 19.3 Å². The van der Waals surface area contributed by atoms with Gasteiger partial charge in [-0.2, -0.15) is 0 Å². The zero-order chi connectivity index (χ0) is 16.4. The summed E-state index contributed by atoms with van der Waals surface area (Å²) in [6.07, 6.45) is 0.0541. The SMILES string of the molecule is COCCN(CCC(=O)O)C(=O)CCC(=O)c1ccccc1. The molecule has 0 aliphatic rings. The Kier molecular flexibility index (Phi) is 7.85. The van der Waals surface area contributed by atoms with Crippen LogP contribution in [0.5, 0.6) is 0 Å². The van der Waals surface area contributed by atoms with E-state index < -0.39 is 5.97 Å². The van der Waals surface area contributed by atoms with Crippen molar-refractivity contribution >= 4 is 17.7 Å². The molecule has 0 atom stereocenters. The number of carbonyl (C=O) groups excluding carboxylic acids is 2. The van der Waals surface area contributed by atoms with Gasteiger partial charge in [0.05, 0.1) is 13.0 Å². The van der Waals surface area contributed by atoms with Crippen LogP contribution in [-0.2, 0) is 14.3 Å². The van der Waals surface area contributed by atoms with E-state index in [0.29, 0.717) is 18.7 Å². The van der Waals surface area contributed by atoms with Crippen LogP contribution >= 0.6 is 0 Å². The van der Waals surface area contributed by atoms with Gasteiger partial charge in [0.15, 0.2) is 5.78 Å². The van der Waals surface area contributed by atoms with Crippen molar-refractivity contribution in [3.05, 3.63) is 35.9 Å². The number of benzene rings is 1. The number of carboxylic acid groups (broad SMARTS) is 1. The Morgan fingerprint density at radius 1 is 1.05 bits per heavy atom. The molecule has 0 bridgehead atoms. The molecule has 0 saturated heterocycles. The second kappa shape index (κ2) is 9.68. The first-order valence-electron chi connectivity index (χ1n) is 7.11. The van der Waals surface area contributed by atoms with Gasteiger partial charge in [-0.1, -0.05) is 30.3 Å². The second-order valence-electron chi connectivity index (χ2n) is 4.81. The van der Waals surface area contributed by atoms with E-state index in [9.17, 15) is 14.4 Å². The molecule has 0 fully saturated rings. The first kappa shape index (κ1) is 17.8. The van der Waals surface area contributed by atoms with E-state index in [1.807, 2.05) is 6.07 Å². The third-order valence-electron chi connectivity index (χ3n) is 3.18. The average Bonchev–Trinajstić information content (AvgIpc) is 2.53. The lowest BCUT2D eigenvalue weighted by molar-refractivity contribution is -0.138. The number of carbonyl (C=O) groups is 3. The van der Waals surface area contributed by atoms with Gasteiger partial charge in [-0.05, 0) is 0 Å². The number of nitrogens with zero attached hydrogens (tertiary/aromatic N) is 1. The predicted molar refractivity (Wildman–Crippen MR) is 80.7 cm³/mol. The molecule has 0 spiro atoms. The molecule has 0 radical (unpaired) electrons. The number of Topliss-reactive ketones (excluding diaryl/α,β-unsaturated/α-hetero) is 1. The molecule has 1 aromatic carbocycles. The number of hydrogen-bond acceptors (Lipinski definition) is 4. The predicted octanol–water partition coefficient (Wildman–Crippen LogP) is 1.60. The lowest BCUT2D eigenvalue weighted by Crippen LogP contribution is -2.35. The summed E-state index contributed by atoms with van der Waals surface area (Å²) in [5.41, 5.74) is 0.573. The van der Waals surface area contributed by atoms with E-state index in [4.69, 9.17) is 9.84 Å². The molecule has 6 nitrogen and oxygen atoms in total. The minimum atomic E-state index is -0.962. The summed E-state index contributed by atoms with van der Waals surface area (Å²) in [4.78, 5) is 36.1. The lowest BCUT2D eigenvalue weighted by atomic mass is 10.1. The smallest absolute Gasteiger partial charge is 0.305 e. The van der Waals surface area contributed by atoms with Gasteiger partial charge < -0.3 is 14.7 Å². The number of ether oxygens (including phenoxy) is 1. The van der Waals surface area contributed by atoms with Gasteiger partial charge in [-0.3, -0.25) is 14.4 Å². The van der Waals surface area contributed by atoms with E-state index in [2.05, 4.69) is 0 Å². The Balaban J connectivity index is 2.51. The molecule has 0 aromatic heterocycles. The molecule has 0 heterocycles. The highest BCUT2D eigenvalue weighted by molar-refractivity contribution is 5.97. The van der Waals surface area contributed by atoms with Crippen LogP contribution in [0.25, 0.3) is 0 Å². The Hall–Kier alpha value is -2.21. The summed E-state index contributed by atoms with van der Waals surface area (Å²) in [5, 5.41) is 8.71. The van der Waals surface area contributed by atoms with Gasteiger partial charge in [-0.15, -0.1) is 0 Å². The standard InChI is InChI=1S/C16H21NO5/c1-22-12-11-17(10-9-16(20)21)15(19)8-7-14(18)13-5-3-2-4-6-13/h2-6H,7-12H2,1H3,(H,20,21). The maximum Gasteiger partial charge on any atom is 0.305 e. The molecule has 6 heteroatoms. The van der Waals surface area contributed by atoms with Crippen LogP contribution in [0.4, 0.5) is 0 Å². The Morgan fingerprint density at radius 2 is 1.73 bits per heavy atom. The quantitative estimate of drug-likeness (QED) is 0.664. The number of hydrogen-bond donors (Lipinski definition) is 1. The highest BCUT2D eigenvalue weighted by atomic mass is 16.5. The monoisotopic (exact) mass is 307 g/mol. The number of carboxylic acids is 1. The van der Waals surface area contributed by atoms with Crippen molar-refractivity contribution in [1.29, 1.82) is 0 Å². The minimum absolute atomic E-state index is 0.0665. The first-order chi connectivity index (χ1) is 10.5. The Morgan fingerprint density at radius 3 is 2.32 bits per heavy atom. The van der Waals surface area contributed by atoms with Crippen LogP contribution in [0.3, 0.4) is 0 Å². The maximum atomic E-state index is 12.1. The third-order valence-corrected chi connectivity index (χ3v) is 3.18. The number of amides is 1. The van der Waals surface area contributed by atoms with Crippen molar-refractivity contribution < 1.29 is 24.2 Å². The number of methoxy groups -OCH3 is 1.